The Labute approximate surface area is 97.7 Å². The number of hydrogen-bond acceptors (Lipinski definition) is 2. The second-order valence-corrected chi connectivity index (χ2v) is 5.90. The third kappa shape index (κ3) is 10.4. The largest absolute Gasteiger partial charge is 0.314 e. The van der Waals surface area contributed by atoms with Crippen LogP contribution >= 0.6 is 0 Å². The number of rotatable bonds is 10. The van der Waals surface area contributed by atoms with Crippen molar-refractivity contribution in [2.45, 2.75) is 58.9 Å². The molecule has 0 aromatic carbocycles. The fourth-order valence-corrected chi connectivity index (χ4v) is 2.75. The van der Waals surface area contributed by atoms with Crippen LogP contribution in [0.1, 0.15) is 52.9 Å². The molecule has 0 spiro atoms. The third-order valence-electron chi connectivity index (χ3n) is 2.48. The second kappa shape index (κ2) is 10.6. The summed E-state index contributed by atoms with van der Waals surface area (Å²) < 4.78 is 11.5. The second-order valence-electron chi connectivity index (χ2n) is 4.20. The van der Waals surface area contributed by atoms with E-state index < -0.39 is 10.8 Å². The number of hydrogen-bond donors (Lipinski definition) is 1. The van der Waals surface area contributed by atoms with Crippen molar-refractivity contribution in [3.05, 3.63) is 0 Å². The van der Waals surface area contributed by atoms with Gasteiger partial charge in [-0.25, -0.2) is 0 Å². The van der Waals surface area contributed by atoms with Gasteiger partial charge in [0.05, 0.1) is 0 Å². The Morgan fingerprint density at radius 2 is 1.80 bits per heavy atom. The third-order valence-corrected chi connectivity index (χ3v) is 3.97. The fraction of sp³-hybridized carbons (Fsp3) is 1.00. The van der Waals surface area contributed by atoms with Crippen molar-refractivity contribution in [1.82, 2.24) is 5.32 Å². The van der Waals surface area contributed by atoms with Gasteiger partial charge < -0.3 is 5.32 Å². The molecule has 0 fully saturated rings. The average molecular weight is 233 g/mol. The van der Waals surface area contributed by atoms with Crippen molar-refractivity contribution in [3.63, 3.8) is 0 Å². The minimum atomic E-state index is -0.570. The first-order valence-electron chi connectivity index (χ1n) is 6.29. The Balaban J connectivity index is 3.31. The molecule has 0 radical (unpaired) electrons. The zero-order valence-corrected chi connectivity index (χ0v) is 11.4. The summed E-state index contributed by atoms with van der Waals surface area (Å²) in [7, 11) is -0.570. The summed E-state index contributed by atoms with van der Waals surface area (Å²) >= 11 is 0. The Kier molecular flexibility index (Phi) is 10.7. The smallest absolute Gasteiger partial charge is 0.0235 e. The van der Waals surface area contributed by atoms with Crippen molar-refractivity contribution < 1.29 is 4.21 Å². The highest BCUT2D eigenvalue weighted by Crippen LogP contribution is 2.00. The summed E-state index contributed by atoms with van der Waals surface area (Å²) in [4.78, 5) is 0. The van der Waals surface area contributed by atoms with Gasteiger partial charge in [-0.1, -0.05) is 20.3 Å². The van der Waals surface area contributed by atoms with Crippen LogP contribution in [-0.2, 0) is 10.8 Å². The predicted molar refractivity (Wildman–Crippen MR) is 69.8 cm³/mol. The topological polar surface area (TPSA) is 29.1 Å². The van der Waals surface area contributed by atoms with Gasteiger partial charge >= 0.3 is 0 Å². The molecular formula is C12H27NOS. The van der Waals surface area contributed by atoms with Crippen molar-refractivity contribution in [2.24, 2.45) is 0 Å². The van der Waals surface area contributed by atoms with Crippen LogP contribution < -0.4 is 5.32 Å². The minimum Gasteiger partial charge on any atom is -0.314 e. The van der Waals surface area contributed by atoms with E-state index in [1.54, 1.807) is 0 Å². The van der Waals surface area contributed by atoms with Crippen LogP contribution in [0, 0.1) is 0 Å². The Morgan fingerprint density at radius 1 is 1.13 bits per heavy atom. The van der Waals surface area contributed by atoms with Gasteiger partial charge in [0.1, 0.15) is 0 Å². The van der Waals surface area contributed by atoms with Crippen LogP contribution in [0.25, 0.3) is 0 Å². The highest BCUT2D eigenvalue weighted by atomic mass is 32.2. The van der Waals surface area contributed by atoms with E-state index in [9.17, 15) is 4.21 Å². The molecule has 0 rings (SSSR count). The molecular weight excluding hydrogens is 206 g/mol. The molecule has 1 N–H and O–H groups in total. The molecule has 92 valence electrons. The first-order valence-corrected chi connectivity index (χ1v) is 7.77. The maximum Gasteiger partial charge on any atom is 0.0235 e. The van der Waals surface area contributed by atoms with Gasteiger partial charge in [-0.05, 0) is 39.2 Å². The van der Waals surface area contributed by atoms with E-state index in [1.165, 1.54) is 6.42 Å². The molecule has 0 amide bonds. The lowest BCUT2D eigenvalue weighted by Crippen LogP contribution is -2.26. The molecule has 0 heterocycles. The summed E-state index contributed by atoms with van der Waals surface area (Å²) in [5.41, 5.74) is 0. The zero-order valence-electron chi connectivity index (χ0n) is 10.6. The van der Waals surface area contributed by atoms with Gasteiger partial charge in [-0.3, -0.25) is 4.21 Å². The monoisotopic (exact) mass is 233 g/mol. The van der Waals surface area contributed by atoms with Crippen LogP contribution in [0.2, 0.25) is 0 Å². The highest BCUT2D eigenvalue weighted by Gasteiger charge is 2.03. The summed E-state index contributed by atoms with van der Waals surface area (Å²) in [5, 5.41) is 3.45. The van der Waals surface area contributed by atoms with Gasteiger partial charge in [-0.2, -0.15) is 0 Å². The van der Waals surface area contributed by atoms with Crippen molar-refractivity contribution >= 4 is 10.8 Å². The first kappa shape index (κ1) is 15.1. The van der Waals surface area contributed by atoms with Crippen molar-refractivity contribution in [3.8, 4) is 0 Å². The summed E-state index contributed by atoms with van der Waals surface area (Å²) in [6, 6.07) is 0.577. The Morgan fingerprint density at radius 3 is 2.40 bits per heavy atom. The molecule has 0 aromatic heterocycles. The lowest BCUT2D eigenvalue weighted by Gasteiger charge is -2.12. The quantitative estimate of drug-likeness (QED) is 0.628. The van der Waals surface area contributed by atoms with Gasteiger partial charge in [0.15, 0.2) is 0 Å². The van der Waals surface area contributed by atoms with Crippen molar-refractivity contribution in [1.29, 1.82) is 0 Å². The standard InChI is InChI=1S/C12H27NOS/c1-4-6-10-15(14)11-7-8-12(3)13-9-5-2/h12-13H,4-11H2,1-3H3. The molecule has 0 aliphatic rings. The van der Waals surface area contributed by atoms with E-state index >= 15 is 0 Å². The van der Waals surface area contributed by atoms with E-state index in [0.717, 1.165) is 43.7 Å². The molecule has 0 saturated carbocycles. The minimum absolute atomic E-state index is 0.570. The molecule has 0 aliphatic heterocycles. The lowest BCUT2D eigenvalue weighted by molar-refractivity contribution is 0.509. The first-order chi connectivity index (χ1) is 7.20. The highest BCUT2D eigenvalue weighted by molar-refractivity contribution is 7.84. The molecule has 2 atom stereocenters. The lowest BCUT2D eigenvalue weighted by atomic mass is 10.2. The molecule has 0 aromatic rings. The predicted octanol–water partition coefficient (Wildman–Crippen LogP) is 2.70. The van der Waals surface area contributed by atoms with Crippen LogP contribution in [0.5, 0.6) is 0 Å². The van der Waals surface area contributed by atoms with E-state index in [-0.39, 0.29) is 0 Å². The summed E-state index contributed by atoms with van der Waals surface area (Å²) in [6.07, 6.45) is 5.69. The number of unbranched alkanes of at least 4 members (excludes halogenated alkanes) is 1. The van der Waals surface area contributed by atoms with E-state index in [2.05, 4.69) is 26.1 Å². The molecule has 3 heteroatoms. The maximum atomic E-state index is 11.5. The van der Waals surface area contributed by atoms with Crippen LogP contribution in [0.3, 0.4) is 0 Å². The van der Waals surface area contributed by atoms with Crippen molar-refractivity contribution in [2.75, 3.05) is 18.1 Å². The van der Waals surface area contributed by atoms with Crippen LogP contribution in [0.15, 0.2) is 0 Å². The van der Waals surface area contributed by atoms with Gasteiger partial charge in [0.2, 0.25) is 0 Å². The fourth-order valence-electron chi connectivity index (χ4n) is 1.45. The van der Waals surface area contributed by atoms with E-state index in [4.69, 9.17) is 0 Å². The van der Waals surface area contributed by atoms with Crippen LogP contribution in [0.4, 0.5) is 0 Å². The van der Waals surface area contributed by atoms with Gasteiger partial charge in [0, 0.05) is 28.3 Å². The normalized spacial score (nSPS) is 15.1. The Hall–Kier alpha value is 0.110. The molecule has 2 unspecified atom stereocenters. The average Bonchev–Trinajstić information content (AvgIpc) is 2.23. The molecule has 0 saturated heterocycles. The van der Waals surface area contributed by atoms with E-state index in [0.29, 0.717) is 6.04 Å². The molecule has 15 heavy (non-hydrogen) atoms. The SMILES string of the molecule is CCCCS(=O)CCCC(C)NCCC. The summed E-state index contributed by atoms with van der Waals surface area (Å²) in [6.45, 7) is 7.64. The molecule has 0 bridgehead atoms. The zero-order chi connectivity index (χ0) is 11.5. The molecule has 2 nitrogen and oxygen atoms in total. The molecule has 0 aliphatic carbocycles. The maximum absolute atomic E-state index is 11.5. The summed E-state index contributed by atoms with van der Waals surface area (Å²) in [5.74, 6) is 1.78. The van der Waals surface area contributed by atoms with Gasteiger partial charge in [0.25, 0.3) is 0 Å². The Bertz CT molecular complexity index is 162. The van der Waals surface area contributed by atoms with E-state index in [1.807, 2.05) is 0 Å². The van der Waals surface area contributed by atoms with Crippen LogP contribution in [-0.4, -0.2) is 28.3 Å². The number of nitrogens with one attached hydrogen (secondary N) is 1. The van der Waals surface area contributed by atoms with Gasteiger partial charge in [-0.15, -0.1) is 0 Å².